The molecule has 5 heteroatoms. The van der Waals surface area contributed by atoms with Gasteiger partial charge in [-0.3, -0.25) is 9.59 Å². The van der Waals surface area contributed by atoms with Crippen LogP contribution in [-0.2, 0) is 9.53 Å². The molecule has 2 aliphatic heterocycles. The van der Waals surface area contributed by atoms with Crippen molar-refractivity contribution >= 4 is 17.6 Å². The van der Waals surface area contributed by atoms with Gasteiger partial charge in [0.05, 0.1) is 19.3 Å². The molecule has 2 atom stereocenters. The third-order valence-electron chi connectivity index (χ3n) is 3.68. The zero-order valence-electron chi connectivity index (χ0n) is 10.2. The fourth-order valence-electron chi connectivity index (χ4n) is 2.69. The summed E-state index contributed by atoms with van der Waals surface area (Å²) >= 11 is 0. The Balaban J connectivity index is 1.98. The summed E-state index contributed by atoms with van der Waals surface area (Å²) < 4.78 is 5.22. The molecule has 19 heavy (non-hydrogen) atoms. The highest BCUT2D eigenvalue weighted by atomic mass is 16.5. The van der Waals surface area contributed by atoms with Gasteiger partial charge in [0.15, 0.2) is 0 Å². The monoisotopic (exact) mass is 259 g/mol. The van der Waals surface area contributed by atoms with E-state index in [1.54, 1.807) is 12.1 Å². The number of rotatable bonds is 2. The molecule has 0 aliphatic carbocycles. The van der Waals surface area contributed by atoms with Gasteiger partial charge in [-0.2, -0.15) is 0 Å². The number of amides is 1. The maximum Gasteiger partial charge on any atom is 0.311 e. The number of carbonyl (C=O) groups is 2. The Hall–Kier alpha value is -2.14. The van der Waals surface area contributed by atoms with Gasteiger partial charge in [0.2, 0.25) is 0 Å². The Bertz CT molecular complexity index is 546. The van der Waals surface area contributed by atoms with Crippen LogP contribution in [0.1, 0.15) is 15.9 Å². The van der Waals surface area contributed by atoms with Crippen LogP contribution in [0.5, 0.6) is 0 Å². The number of carbonyl (C=O) groups excluding carboxylic acids is 1. The maximum atomic E-state index is 12.4. The van der Waals surface area contributed by atoms with Crippen molar-refractivity contribution in [3.05, 3.63) is 42.0 Å². The summed E-state index contributed by atoms with van der Waals surface area (Å²) in [4.78, 5) is 25.1. The molecule has 0 aromatic heterocycles. The van der Waals surface area contributed by atoms with E-state index in [2.05, 4.69) is 6.58 Å². The van der Waals surface area contributed by atoms with Crippen LogP contribution in [0.25, 0.3) is 5.70 Å². The zero-order chi connectivity index (χ0) is 13.6. The fourth-order valence-corrected chi connectivity index (χ4v) is 2.69. The minimum Gasteiger partial charge on any atom is -0.481 e. The second kappa shape index (κ2) is 4.20. The topological polar surface area (TPSA) is 66.8 Å². The van der Waals surface area contributed by atoms with Gasteiger partial charge in [0, 0.05) is 16.8 Å². The standard InChI is InChI=1S/C14H13NO4/c1-8-9-4-2-3-5-10(9)13(16)15(8)12-7-19-6-11(12)14(17)18/h2-5,11-12H,1,6-7H2,(H,17,18). The largest absolute Gasteiger partial charge is 0.481 e. The third-order valence-corrected chi connectivity index (χ3v) is 3.68. The van der Waals surface area contributed by atoms with E-state index in [0.717, 1.165) is 5.56 Å². The van der Waals surface area contributed by atoms with Crippen molar-refractivity contribution in [2.75, 3.05) is 13.2 Å². The number of hydrogen-bond donors (Lipinski definition) is 1. The molecule has 0 saturated carbocycles. The molecule has 1 aromatic rings. The molecule has 1 amide bonds. The van der Waals surface area contributed by atoms with E-state index in [1.165, 1.54) is 4.90 Å². The van der Waals surface area contributed by atoms with E-state index in [1.807, 2.05) is 12.1 Å². The van der Waals surface area contributed by atoms with Gasteiger partial charge in [-0.25, -0.2) is 0 Å². The van der Waals surface area contributed by atoms with E-state index in [-0.39, 0.29) is 19.1 Å². The van der Waals surface area contributed by atoms with Crippen molar-refractivity contribution in [1.29, 1.82) is 0 Å². The van der Waals surface area contributed by atoms with Crippen LogP contribution in [0.2, 0.25) is 0 Å². The van der Waals surface area contributed by atoms with Gasteiger partial charge in [0.1, 0.15) is 5.92 Å². The molecule has 2 heterocycles. The number of carboxylic acid groups (broad SMARTS) is 1. The lowest BCUT2D eigenvalue weighted by Gasteiger charge is -2.26. The molecule has 1 N–H and O–H groups in total. The summed E-state index contributed by atoms with van der Waals surface area (Å²) in [5.41, 5.74) is 1.90. The number of ether oxygens (including phenoxy) is 1. The lowest BCUT2D eigenvalue weighted by Crippen LogP contribution is -2.42. The first-order valence-electron chi connectivity index (χ1n) is 6.03. The van der Waals surface area contributed by atoms with Gasteiger partial charge in [-0.15, -0.1) is 0 Å². The molecule has 5 nitrogen and oxygen atoms in total. The Morgan fingerprint density at radius 3 is 2.63 bits per heavy atom. The quantitative estimate of drug-likeness (QED) is 0.867. The van der Waals surface area contributed by atoms with E-state index >= 15 is 0 Å². The number of nitrogens with zero attached hydrogens (tertiary/aromatic N) is 1. The Labute approximate surface area is 110 Å². The number of fused-ring (bicyclic) bond motifs is 1. The molecule has 0 spiro atoms. The minimum atomic E-state index is -0.945. The Kier molecular flexibility index (Phi) is 2.64. The smallest absolute Gasteiger partial charge is 0.311 e. The SMILES string of the molecule is C=C1c2ccccc2C(=O)N1C1COCC1C(=O)O. The average Bonchev–Trinajstić information content (AvgIpc) is 2.95. The highest BCUT2D eigenvalue weighted by Crippen LogP contribution is 2.36. The van der Waals surface area contributed by atoms with Crippen LogP contribution in [0.4, 0.5) is 0 Å². The zero-order valence-corrected chi connectivity index (χ0v) is 10.2. The maximum absolute atomic E-state index is 12.4. The molecule has 0 bridgehead atoms. The molecular weight excluding hydrogens is 246 g/mol. The molecule has 1 aromatic carbocycles. The first kappa shape index (κ1) is 11.9. The van der Waals surface area contributed by atoms with Crippen LogP contribution < -0.4 is 0 Å². The van der Waals surface area contributed by atoms with Crippen molar-refractivity contribution < 1.29 is 19.4 Å². The van der Waals surface area contributed by atoms with Crippen LogP contribution in [0.3, 0.4) is 0 Å². The predicted molar refractivity (Wildman–Crippen MR) is 67.4 cm³/mol. The van der Waals surface area contributed by atoms with Crippen molar-refractivity contribution in [2.24, 2.45) is 5.92 Å². The summed E-state index contributed by atoms with van der Waals surface area (Å²) in [5.74, 6) is -1.84. The number of hydrogen-bond acceptors (Lipinski definition) is 3. The minimum absolute atomic E-state index is 0.132. The molecule has 1 fully saturated rings. The summed E-state index contributed by atoms with van der Waals surface area (Å²) in [7, 11) is 0. The molecule has 1 saturated heterocycles. The lowest BCUT2D eigenvalue weighted by atomic mass is 10.0. The first-order valence-corrected chi connectivity index (χ1v) is 6.03. The van der Waals surface area contributed by atoms with Crippen LogP contribution in [0.15, 0.2) is 30.8 Å². The van der Waals surface area contributed by atoms with Crippen molar-refractivity contribution in [3.63, 3.8) is 0 Å². The fraction of sp³-hybridized carbons (Fsp3) is 0.286. The van der Waals surface area contributed by atoms with Gasteiger partial charge in [0.25, 0.3) is 5.91 Å². The summed E-state index contributed by atoms with van der Waals surface area (Å²) in [5, 5.41) is 9.19. The van der Waals surface area contributed by atoms with Crippen molar-refractivity contribution in [1.82, 2.24) is 4.90 Å². The molecule has 2 aliphatic rings. The van der Waals surface area contributed by atoms with E-state index < -0.39 is 17.9 Å². The van der Waals surface area contributed by atoms with Crippen molar-refractivity contribution in [2.45, 2.75) is 6.04 Å². The van der Waals surface area contributed by atoms with Crippen molar-refractivity contribution in [3.8, 4) is 0 Å². The molecule has 0 radical (unpaired) electrons. The van der Waals surface area contributed by atoms with Crippen LogP contribution >= 0.6 is 0 Å². The summed E-state index contributed by atoms with van der Waals surface area (Å²) in [6, 6.07) is 6.69. The second-order valence-electron chi connectivity index (χ2n) is 4.72. The van der Waals surface area contributed by atoms with E-state index in [9.17, 15) is 14.7 Å². The van der Waals surface area contributed by atoms with E-state index in [4.69, 9.17) is 4.74 Å². The lowest BCUT2D eigenvalue weighted by molar-refractivity contribution is -0.142. The highest BCUT2D eigenvalue weighted by molar-refractivity contribution is 6.09. The Morgan fingerprint density at radius 2 is 2.00 bits per heavy atom. The number of aliphatic carboxylic acids is 1. The number of benzene rings is 1. The summed E-state index contributed by atoms with van der Waals surface area (Å²) in [6.45, 7) is 4.29. The molecule has 2 unspecified atom stereocenters. The van der Waals surface area contributed by atoms with Crippen LogP contribution in [0, 0.1) is 5.92 Å². The molecular formula is C14H13NO4. The predicted octanol–water partition coefficient (Wildman–Crippen LogP) is 1.21. The van der Waals surface area contributed by atoms with Gasteiger partial charge in [-0.1, -0.05) is 24.8 Å². The van der Waals surface area contributed by atoms with E-state index in [0.29, 0.717) is 11.3 Å². The molecule has 98 valence electrons. The number of carboxylic acids is 1. The van der Waals surface area contributed by atoms with Crippen LogP contribution in [-0.4, -0.2) is 41.1 Å². The Morgan fingerprint density at radius 1 is 1.32 bits per heavy atom. The third kappa shape index (κ3) is 1.66. The molecule has 3 rings (SSSR count). The highest BCUT2D eigenvalue weighted by Gasteiger charge is 2.44. The van der Waals surface area contributed by atoms with Gasteiger partial charge >= 0.3 is 5.97 Å². The van der Waals surface area contributed by atoms with Gasteiger partial charge < -0.3 is 14.7 Å². The second-order valence-corrected chi connectivity index (χ2v) is 4.72. The van der Waals surface area contributed by atoms with Gasteiger partial charge in [-0.05, 0) is 6.07 Å². The summed E-state index contributed by atoms with van der Waals surface area (Å²) in [6.07, 6.45) is 0. The first-order chi connectivity index (χ1) is 9.11. The average molecular weight is 259 g/mol. The normalized spacial score (nSPS) is 25.8.